The lowest BCUT2D eigenvalue weighted by Gasteiger charge is -2.17. The maximum atomic E-state index is 11.0. The molecule has 88 valence electrons. The van der Waals surface area contributed by atoms with Crippen LogP contribution in [0.15, 0.2) is 0 Å². The molecule has 1 aliphatic rings. The van der Waals surface area contributed by atoms with Crippen molar-refractivity contribution in [3.05, 3.63) is 0 Å². The van der Waals surface area contributed by atoms with E-state index in [0.29, 0.717) is 18.5 Å². The molecule has 1 fully saturated rings. The normalized spacial score (nSPS) is 22.7. The Balaban J connectivity index is 2.02. The van der Waals surface area contributed by atoms with Crippen LogP contribution in [0.25, 0.3) is 0 Å². The van der Waals surface area contributed by atoms with E-state index in [1.165, 1.54) is 12.8 Å². The first-order valence-electron chi connectivity index (χ1n) is 5.89. The first-order valence-corrected chi connectivity index (χ1v) is 5.89. The van der Waals surface area contributed by atoms with Gasteiger partial charge in [-0.05, 0) is 32.7 Å². The van der Waals surface area contributed by atoms with E-state index in [-0.39, 0.29) is 5.91 Å². The van der Waals surface area contributed by atoms with Gasteiger partial charge in [0, 0.05) is 32.1 Å². The van der Waals surface area contributed by atoms with Gasteiger partial charge in [0.1, 0.15) is 0 Å². The third-order valence-corrected chi connectivity index (χ3v) is 2.92. The van der Waals surface area contributed by atoms with E-state index in [1.807, 2.05) is 0 Å². The summed E-state index contributed by atoms with van der Waals surface area (Å²) in [4.78, 5) is 11.0. The average Bonchev–Trinajstić information content (AvgIpc) is 2.70. The van der Waals surface area contributed by atoms with Crippen LogP contribution in [0.3, 0.4) is 0 Å². The molecule has 4 heteroatoms. The second kappa shape index (κ2) is 6.80. The fraction of sp³-hybridized carbons (Fsp3) is 0.909. The highest BCUT2D eigenvalue weighted by atomic mass is 16.1. The highest BCUT2D eigenvalue weighted by molar-refractivity contribution is 5.75. The van der Waals surface area contributed by atoms with Crippen molar-refractivity contribution in [1.82, 2.24) is 16.0 Å². The van der Waals surface area contributed by atoms with Gasteiger partial charge in [-0.15, -0.1) is 0 Å². The number of nitrogens with one attached hydrogen (secondary N) is 3. The summed E-state index contributed by atoms with van der Waals surface area (Å²) in [5, 5.41) is 9.47. The van der Waals surface area contributed by atoms with Crippen LogP contribution < -0.4 is 16.0 Å². The van der Waals surface area contributed by atoms with Gasteiger partial charge in [0.05, 0.1) is 0 Å². The van der Waals surface area contributed by atoms with Crippen molar-refractivity contribution in [3.8, 4) is 0 Å². The smallest absolute Gasteiger partial charge is 0.221 e. The highest BCUT2D eigenvalue weighted by Crippen LogP contribution is 2.10. The standard InChI is InChI=1S/C11H23N3O/c1-9(8-10-4-3-6-14-10)13-7-5-11(15)12-2/h9-10,13-14H,3-8H2,1-2H3,(H,12,15). The molecule has 0 bridgehead atoms. The van der Waals surface area contributed by atoms with Crippen LogP contribution >= 0.6 is 0 Å². The van der Waals surface area contributed by atoms with Crippen LogP contribution in [0.5, 0.6) is 0 Å². The second-order valence-corrected chi connectivity index (χ2v) is 4.31. The molecule has 1 rings (SSSR count). The minimum absolute atomic E-state index is 0.105. The molecule has 1 saturated heterocycles. The van der Waals surface area contributed by atoms with Crippen molar-refractivity contribution < 1.29 is 4.79 Å². The van der Waals surface area contributed by atoms with E-state index in [2.05, 4.69) is 22.9 Å². The van der Waals surface area contributed by atoms with E-state index in [1.54, 1.807) is 7.05 Å². The van der Waals surface area contributed by atoms with Crippen LogP contribution in [0, 0.1) is 0 Å². The summed E-state index contributed by atoms with van der Waals surface area (Å²) in [6.45, 7) is 4.12. The Morgan fingerprint density at radius 2 is 2.40 bits per heavy atom. The third kappa shape index (κ3) is 5.14. The van der Waals surface area contributed by atoms with Crippen LogP contribution in [-0.4, -0.2) is 38.1 Å². The number of hydrogen-bond donors (Lipinski definition) is 3. The molecular formula is C11H23N3O. The van der Waals surface area contributed by atoms with Gasteiger partial charge in [-0.25, -0.2) is 0 Å². The molecule has 15 heavy (non-hydrogen) atoms. The van der Waals surface area contributed by atoms with Crippen molar-refractivity contribution in [2.75, 3.05) is 20.1 Å². The lowest BCUT2D eigenvalue weighted by molar-refractivity contribution is -0.120. The average molecular weight is 213 g/mol. The van der Waals surface area contributed by atoms with Crippen LogP contribution in [-0.2, 0) is 4.79 Å². The highest BCUT2D eigenvalue weighted by Gasteiger charge is 2.16. The zero-order valence-electron chi connectivity index (χ0n) is 9.81. The molecule has 0 aromatic carbocycles. The first-order chi connectivity index (χ1) is 7.22. The van der Waals surface area contributed by atoms with Gasteiger partial charge in [0.25, 0.3) is 0 Å². The Kier molecular flexibility index (Phi) is 5.65. The molecule has 0 spiro atoms. The summed E-state index contributed by atoms with van der Waals surface area (Å²) in [5.74, 6) is 0.105. The second-order valence-electron chi connectivity index (χ2n) is 4.31. The Labute approximate surface area is 92.2 Å². The van der Waals surface area contributed by atoms with Crippen molar-refractivity contribution in [3.63, 3.8) is 0 Å². The fourth-order valence-electron chi connectivity index (χ4n) is 2.03. The summed E-state index contributed by atoms with van der Waals surface area (Å²) in [7, 11) is 1.67. The molecule has 1 heterocycles. The minimum Gasteiger partial charge on any atom is -0.359 e. The molecule has 2 atom stereocenters. The maximum absolute atomic E-state index is 11.0. The van der Waals surface area contributed by atoms with Crippen molar-refractivity contribution in [2.24, 2.45) is 0 Å². The summed E-state index contributed by atoms with van der Waals surface area (Å²) in [6.07, 6.45) is 4.32. The Hall–Kier alpha value is -0.610. The number of carbonyl (C=O) groups is 1. The zero-order valence-corrected chi connectivity index (χ0v) is 9.81. The summed E-state index contributed by atoms with van der Waals surface area (Å²) in [6, 6.07) is 1.16. The van der Waals surface area contributed by atoms with E-state index in [4.69, 9.17) is 0 Å². The minimum atomic E-state index is 0.105. The van der Waals surface area contributed by atoms with Gasteiger partial charge in [-0.3, -0.25) is 4.79 Å². The molecule has 3 N–H and O–H groups in total. The molecule has 4 nitrogen and oxygen atoms in total. The lowest BCUT2D eigenvalue weighted by Crippen LogP contribution is -2.35. The molecule has 0 radical (unpaired) electrons. The Morgan fingerprint density at radius 3 is 3.00 bits per heavy atom. The fourth-order valence-corrected chi connectivity index (χ4v) is 2.03. The van der Waals surface area contributed by atoms with Crippen LogP contribution in [0.1, 0.15) is 32.6 Å². The molecule has 1 aliphatic heterocycles. The summed E-state index contributed by atoms with van der Waals surface area (Å²) in [5.41, 5.74) is 0. The Bertz CT molecular complexity index is 190. The quantitative estimate of drug-likeness (QED) is 0.592. The van der Waals surface area contributed by atoms with Gasteiger partial charge in [0.15, 0.2) is 0 Å². The summed E-state index contributed by atoms with van der Waals surface area (Å²) >= 11 is 0. The third-order valence-electron chi connectivity index (χ3n) is 2.92. The van der Waals surface area contributed by atoms with Crippen molar-refractivity contribution in [2.45, 2.75) is 44.7 Å². The van der Waals surface area contributed by atoms with Gasteiger partial charge >= 0.3 is 0 Å². The lowest BCUT2D eigenvalue weighted by atomic mass is 10.1. The molecule has 0 aliphatic carbocycles. The van der Waals surface area contributed by atoms with Crippen molar-refractivity contribution >= 4 is 5.91 Å². The molecule has 0 saturated carbocycles. The van der Waals surface area contributed by atoms with Crippen molar-refractivity contribution in [1.29, 1.82) is 0 Å². The zero-order chi connectivity index (χ0) is 11.1. The van der Waals surface area contributed by atoms with Crippen LogP contribution in [0.2, 0.25) is 0 Å². The number of amides is 1. The van der Waals surface area contributed by atoms with E-state index >= 15 is 0 Å². The topological polar surface area (TPSA) is 53.2 Å². The predicted molar refractivity (Wildman–Crippen MR) is 61.8 cm³/mol. The SMILES string of the molecule is CNC(=O)CCNC(C)CC1CCCN1. The van der Waals surface area contributed by atoms with E-state index in [0.717, 1.165) is 19.5 Å². The van der Waals surface area contributed by atoms with E-state index in [9.17, 15) is 4.79 Å². The van der Waals surface area contributed by atoms with Gasteiger partial charge in [0.2, 0.25) is 5.91 Å². The number of hydrogen-bond acceptors (Lipinski definition) is 3. The van der Waals surface area contributed by atoms with E-state index < -0.39 is 0 Å². The molecule has 2 unspecified atom stereocenters. The van der Waals surface area contributed by atoms with Gasteiger partial charge < -0.3 is 16.0 Å². The molecule has 0 aromatic rings. The summed E-state index contributed by atoms with van der Waals surface area (Å²) < 4.78 is 0. The van der Waals surface area contributed by atoms with Gasteiger partial charge in [-0.2, -0.15) is 0 Å². The maximum Gasteiger partial charge on any atom is 0.221 e. The molecule has 0 aromatic heterocycles. The molecular weight excluding hydrogens is 190 g/mol. The predicted octanol–water partition coefficient (Wildman–Crippen LogP) is 0.243. The van der Waals surface area contributed by atoms with Crippen LogP contribution in [0.4, 0.5) is 0 Å². The molecule has 1 amide bonds. The Morgan fingerprint density at radius 1 is 1.60 bits per heavy atom. The van der Waals surface area contributed by atoms with Gasteiger partial charge in [-0.1, -0.05) is 0 Å². The monoisotopic (exact) mass is 213 g/mol. The first kappa shape index (κ1) is 12.5. The largest absolute Gasteiger partial charge is 0.359 e. The number of carbonyl (C=O) groups excluding carboxylic acids is 1. The number of rotatable bonds is 6.